The second-order valence-electron chi connectivity index (χ2n) is 8.42. The molecule has 178 valence electrons. The Labute approximate surface area is 203 Å². The van der Waals surface area contributed by atoms with Crippen molar-refractivity contribution in [1.29, 1.82) is 0 Å². The highest BCUT2D eigenvalue weighted by Crippen LogP contribution is 2.22. The number of nitrogens with one attached hydrogen (secondary N) is 1. The summed E-state index contributed by atoms with van der Waals surface area (Å²) >= 11 is 0. The summed E-state index contributed by atoms with van der Waals surface area (Å²) in [7, 11) is 0. The molecule has 2 N–H and O–H groups in total. The first-order valence-corrected chi connectivity index (χ1v) is 11.5. The van der Waals surface area contributed by atoms with E-state index >= 15 is 0 Å². The number of carboxylic acids is 1. The van der Waals surface area contributed by atoms with Gasteiger partial charge in [0.05, 0.1) is 0 Å². The molecule has 0 aliphatic rings. The van der Waals surface area contributed by atoms with Crippen molar-refractivity contribution in [2.45, 2.75) is 38.6 Å². The highest BCUT2D eigenvalue weighted by atomic mass is 16.4. The number of hydrogen-bond donors (Lipinski definition) is 2. The van der Waals surface area contributed by atoms with Crippen molar-refractivity contribution < 1.29 is 19.1 Å². The maximum absolute atomic E-state index is 12.9. The van der Waals surface area contributed by atoms with Crippen molar-refractivity contribution in [2.24, 2.45) is 0 Å². The van der Waals surface area contributed by atoms with E-state index < -0.39 is 12.0 Å². The van der Waals surface area contributed by atoms with E-state index in [9.17, 15) is 9.59 Å². The monoisotopic (exact) mass is 469 g/mol. The standard InChI is InChI=1S/C28H27N3O4/c1-19-7-9-20(10-8-19)11-17-25-30-31-28(35-25)24(16-18-26(32)33)29-27(34)23-14-12-22(13-15-23)21-5-3-2-4-6-21/h2-10,12-15,24H,11,16-18H2,1H3,(H,29,34)(H,32,33)/t24-/m0/s1. The number of rotatable bonds is 10. The number of amides is 1. The quantitative estimate of drug-likeness (QED) is 0.332. The van der Waals surface area contributed by atoms with Crippen LogP contribution in [0.2, 0.25) is 0 Å². The third kappa shape index (κ3) is 6.63. The molecule has 0 saturated carbocycles. The Balaban J connectivity index is 1.43. The van der Waals surface area contributed by atoms with Crippen molar-refractivity contribution in [3.05, 3.63) is 107 Å². The summed E-state index contributed by atoms with van der Waals surface area (Å²) in [6.07, 6.45) is 1.29. The first-order valence-electron chi connectivity index (χ1n) is 11.5. The topological polar surface area (TPSA) is 105 Å². The molecule has 7 heteroatoms. The molecule has 4 aromatic rings. The maximum Gasteiger partial charge on any atom is 0.303 e. The predicted molar refractivity (Wildman–Crippen MR) is 132 cm³/mol. The molecule has 0 radical (unpaired) electrons. The highest BCUT2D eigenvalue weighted by molar-refractivity contribution is 5.94. The van der Waals surface area contributed by atoms with Crippen LogP contribution < -0.4 is 5.32 Å². The van der Waals surface area contributed by atoms with Gasteiger partial charge < -0.3 is 14.8 Å². The fourth-order valence-corrected chi connectivity index (χ4v) is 3.73. The number of aliphatic carboxylic acids is 1. The van der Waals surface area contributed by atoms with Crippen LogP contribution in [0.5, 0.6) is 0 Å². The summed E-state index contributed by atoms with van der Waals surface area (Å²) in [5, 5.41) is 20.2. The number of benzene rings is 3. The molecule has 1 amide bonds. The van der Waals surface area contributed by atoms with Crippen LogP contribution >= 0.6 is 0 Å². The second-order valence-corrected chi connectivity index (χ2v) is 8.42. The zero-order chi connectivity index (χ0) is 24.6. The largest absolute Gasteiger partial charge is 0.481 e. The number of nitrogens with zero attached hydrogens (tertiary/aromatic N) is 2. The lowest BCUT2D eigenvalue weighted by molar-refractivity contribution is -0.137. The summed E-state index contributed by atoms with van der Waals surface area (Å²) in [5.74, 6) is -0.642. The Kier molecular flexibility index (Phi) is 7.67. The van der Waals surface area contributed by atoms with Crippen LogP contribution in [-0.2, 0) is 17.6 Å². The molecule has 3 aromatic carbocycles. The number of hydrogen-bond acceptors (Lipinski definition) is 5. The lowest BCUT2D eigenvalue weighted by Crippen LogP contribution is -2.29. The molecule has 35 heavy (non-hydrogen) atoms. The minimum atomic E-state index is -0.962. The molecule has 0 bridgehead atoms. The van der Waals surface area contributed by atoms with Crippen LogP contribution in [0.25, 0.3) is 11.1 Å². The third-order valence-electron chi connectivity index (χ3n) is 5.74. The van der Waals surface area contributed by atoms with Crippen molar-refractivity contribution in [3.8, 4) is 11.1 Å². The van der Waals surface area contributed by atoms with E-state index in [1.165, 1.54) is 5.56 Å². The molecule has 1 aromatic heterocycles. The average molecular weight is 470 g/mol. The third-order valence-corrected chi connectivity index (χ3v) is 5.74. The van der Waals surface area contributed by atoms with E-state index in [4.69, 9.17) is 9.52 Å². The fourth-order valence-electron chi connectivity index (χ4n) is 3.73. The minimum Gasteiger partial charge on any atom is -0.481 e. The Hall–Kier alpha value is -4.26. The fraction of sp³-hybridized carbons (Fsp3) is 0.214. The molecule has 1 heterocycles. The second kappa shape index (κ2) is 11.2. The van der Waals surface area contributed by atoms with Crippen molar-refractivity contribution in [1.82, 2.24) is 15.5 Å². The first-order chi connectivity index (χ1) is 17.0. The molecule has 4 rings (SSSR count). The summed E-state index contributed by atoms with van der Waals surface area (Å²) in [6.45, 7) is 2.04. The highest BCUT2D eigenvalue weighted by Gasteiger charge is 2.23. The minimum absolute atomic E-state index is 0.140. The lowest BCUT2D eigenvalue weighted by atomic mass is 10.0. The van der Waals surface area contributed by atoms with E-state index in [1.54, 1.807) is 12.1 Å². The molecule has 7 nitrogen and oxygen atoms in total. The van der Waals surface area contributed by atoms with E-state index in [-0.39, 0.29) is 24.6 Å². The molecule has 0 fully saturated rings. The number of aryl methyl sites for hydroxylation is 3. The SMILES string of the molecule is Cc1ccc(CCc2nnc([C@H](CCC(=O)O)NC(=O)c3ccc(-c4ccccc4)cc3)o2)cc1. The zero-order valence-corrected chi connectivity index (χ0v) is 19.5. The average Bonchev–Trinajstić information content (AvgIpc) is 3.35. The lowest BCUT2D eigenvalue weighted by Gasteiger charge is -2.14. The zero-order valence-electron chi connectivity index (χ0n) is 19.5. The Bertz CT molecular complexity index is 1270. The molecule has 0 spiro atoms. The Morgan fingerprint density at radius 3 is 2.26 bits per heavy atom. The summed E-state index contributed by atoms with van der Waals surface area (Å²) in [6, 6.07) is 24.7. The molecular formula is C28H27N3O4. The van der Waals surface area contributed by atoms with E-state index in [0.717, 1.165) is 23.1 Å². The van der Waals surface area contributed by atoms with Crippen molar-refractivity contribution in [2.75, 3.05) is 0 Å². The summed E-state index contributed by atoms with van der Waals surface area (Å²) < 4.78 is 5.81. The van der Waals surface area contributed by atoms with Gasteiger partial charge in [0.25, 0.3) is 5.91 Å². The van der Waals surface area contributed by atoms with Gasteiger partial charge in [0, 0.05) is 18.4 Å². The maximum atomic E-state index is 12.9. The van der Waals surface area contributed by atoms with Gasteiger partial charge in [0.2, 0.25) is 11.8 Å². The summed E-state index contributed by atoms with van der Waals surface area (Å²) in [5.41, 5.74) is 4.87. The van der Waals surface area contributed by atoms with Gasteiger partial charge >= 0.3 is 5.97 Å². The smallest absolute Gasteiger partial charge is 0.303 e. The number of carbonyl (C=O) groups excluding carboxylic acids is 1. The van der Waals surface area contributed by atoms with Gasteiger partial charge in [0.15, 0.2) is 0 Å². The normalized spacial score (nSPS) is 11.7. The molecule has 0 saturated heterocycles. The van der Waals surface area contributed by atoms with Gasteiger partial charge in [-0.25, -0.2) is 0 Å². The molecular weight excluding hydrogens is 442 g/mol. The first kappa shape index (κ1) is 23.9. The van der Waals surface area contributed by atoms with Crippen LogP contribution in [0.1, 0.15) is 52.1 Å². The molecule has 0 aliphatic heterocycles. The Morgan fingerprint density at radius 2 is 1.57 bits per heavy atom. The van der Waals surface area contributed by atoms with Gasteiger partial charge in [-0.3, -0.25) is 9.59 Å². The molecule has 1 atom stereocenters. The van der Waals surface area contributed by atoms with Crippen molar-refractivity contribution >= 4 is 11.9 Å². The molecule has 0 unspecified atom stereocenters. The van der Waals surface area contributed by atoms with E-state index in [1.807, 2.05) is 49.4 Å². The molecule has 0 aliphatic carbocycles. The van der Waals surface area contributed by atoms with E-state index in [0.29, 0.717) is 17.9 Å². The van der Waals surface area contributed by atoms with Gasteiger partial charge in [-0.05, 0) is 48.6 Å². The van der Waals surface area contributed by atoms with Gasteiger partial charge in [-0.2, -0.15) is 0 Å². The summed E-state index contributed by atoms with van der Waals surface area (Å²) in [4.78, 5) is 24.1. The predicted octanol–water partition coefficient (Wildman–Crippen LogP) is 5.17. The number of carboxylic acid groups (broad SMARTS) is 1. The van der Waals surface area contributed by atoms with Crippen LogP contribution in [0.4, 0.5) is 0 Å². The van der Waals surface area contributed by atoms with Gasteiger partial charge in [-0.1, -0.05) is 72.3 Å². The van der Waals surface area contributed by atoms with Crippen LogP contribution in [-0.4, -0.2) is 27.2 Å². The number of aromatic nitrogens is 2. The van der Waals surface area contributed by atoms with Gasteiger partial charge in [-0.15, -0.1) is 10.2 Å². The Morgan fingerprint density at radius 1 is 0.886 bits per heavy atom. The number of carbonyl (C=O) groups is 2. The van der Waals surface area contributed by atoms with Crippen molar-refractivity contribution in [3.63, 3.8) is 0 Å². The van der Waals surface area contributed by atoms with Crippen LogP contribution in [0, 0.1) is 6.92 Å². The van der Waals surface area contributed by atoms with Crippen LogP contribution in [0.15, 0.2) is 83.3 Å². The van der Waals surface area contributed by atoms with E-state index in [2.05, 4.69) is 39.8 Å². The van der Waals surface area contributed by atoms with Crippen LogP contribution in [0.3, 0.4) is 0 Å². The van der Waals surface area contributed by atoms with Gasteiger partial charge in [0.1, 0.15) is 6.04 Å².